The number of aromatic nitrogens is 3. The van der Waals surface area contributed by atoms with Crippen molar-refractivity contribution in [1.29, 1.82) is 0 Å². The fourth-order valence-electron chi connectivity index (χ4n) is 5.14. The lowest BCUT2D eigenvalue weighted by Gasteiger charge is -2.33. The molecular weight excluding hydrogens is 506 g/mol. The molecule has 2 saturated heterocycles. The van der Waals surface area contributed by atoms with Gasteiger partial charge in [0.1, 0.15) is 11.2 Å². The SMILES string of the molecule is CNC(=O)Nc1ccc(-c2nc(N3CCOCC3)c3onc(C4CCN(C(C(C)=O)C(=O)O)CC4)c3n2)cc1. The Morgan fingerprint density at radius 1 is 1.05 bits per heavy atom. The quantitative estimate of drug-likeness (QED) is 0.378. The van der Waals surface area contributed by atoms with E-state index in [1.54, 1.807) is 24.1 Å². The molecule has 13 heteroatoms. The van der Waals surface area contributed by atoms with Crippen molar-refractivity contribution >= 4 is 40.4 Å². The number of carboxylic acids is 1. The van der Waals surface area contributed by atoms with Gasteiger partial charge in [-0.15, -0.1) is 0 Å². The van der Waals surface area contributed by atoms with Crippen LogP contribution in [0.3, 0.4) is 0 Å². The maximum atomic E-state index is 11.9. The molecule has 39 heavy (non-hydrogen) atoms. The highest BCUT2D eigenvalue weighted by molar-refractivity contribution is 6.01. The number of aliphatic carboxylic acids is 1. The Labute approximate surface area is 224 Å². The monoisotopic (exact) mass is 537 g/mol. The zero-order valence-corrected chi connectivity index (χ0v) is 21.8. The number of nitrogens with one attached hydrogen (secondary N) is 2. The van der Waals surface area contributed by atoms with Crippen molar-refractivity contribution in [3.63, 3.8) is 0 Å². The molecule has 2 aromatic heterocycles. The normalized spacial score (nSPS) is 17.6. The second kappa shape index (κ2) is 11.3. The molecule has 4 heterocycles. The zero-order valence-electron chi connectivity index (χ0n) is 21.8. The number of amides is 2. The standard InChI is InChI=1S/C26H31N7O6/c1-15(34)21(25(35)36)32-9-7-16(8-10-32)19-20-22(39-31-19)24(33-11-13-38-14-12-33)30-23(29-20)17-3-5-18(6-4-17)28-26(37)27-2/h3-6,16,21H,7-14H2,1-2H3,(H,35,36)(H2,27,28,37). The van der Waals surface area contributed by atoms with Crippen molar-refractivity contribution in [1.82, 2.24) is 25.3 Å². The topological polar surface area (TPSA) is 163 Å². The van der Waals surface area contributed by atoms with E-state index in [0.29, 0.717) is 86.4 Å². The lowest BCUT2D eigenvalue weighted by Crippen LogP contribution is -2.49. The fraction of sp³-hybridized carbons (Fsp3) is 0.462. The van der Waals surface area contributed by atoms with E-state index in [0.717, 1.165) is 5.56 Å². The molecule has 2 aliphatic rings. The van der Waals surface area contributed by atoms with Gasteiger partial charge in [-0.1, -0.05) is 5.16 Å². The molecule has 206 valence electrons. The predicted molar refractivity (Wildman–Crippen MR) is 142 cm³/mol. The Morgan fingerprint density at radius 2 is 1.74 bits per heavy atom. The highest BCUT2D eigenvalue weighted by Gasteiger charge is 2.35. The molecule has 3 aromatic rings. The molecule has 3 N–H and O–H groups in total. The molecule has 0 bridgehead atoms. The molecule has 2 fully saturated rings. The van der Waals surface area contributed by atoms with Gasteiger partial charge in [0.15, 0.2) is 23.5 Å². The van der Waals surface area contributed by atoms with Gasteiger partial charge in [-0.3, -0.25) is 14.5 Å². The molecular formula is C26H31N7O6. The Morgan fingerprint density at radius 3 is 2.36 bits per heavy atom. The van der Waals surface area contributed by atoms with Crippen molar-refractivity contribution in [3.05, 3.63) is 30.0 Å². The van der Waals surface area contributed by atoms with Crippen LogP contribution in [-0.2, 0) is 14.3 Å². The Kier molecular flexibility index (Phi) is 7.70. The van der Waals surface area contributed by atoms with Crippen LogP contribution in [0.25, 0.3) is 22.5 Å². The summed E-state index contributed by atoms with van der Waals surface area (Å²) in [6.07, 6.45) is 1.23. The van der Waals surface area contributed by atoms with Crippen LogP contribution in [0.1, 0.15) is 31.4 Å². The fourth-order valence-corrected chi connectivity index (χ4v) is 5.14. The number of carbonyl (C=O) groups excluding carboxylic acids is 2. The average Bonchev–Trinajstić information content (AvgIpc) is 3.37. The summed E-state index contributed by atoms with van der Waals surface area (Å²) in [4.78, 5) is 48.7. The number of anilines is 2. The molecule has 1 unspecified atom stereocenters. The molecule has 2 aliphatic heterocycles. The van der Waals surface area contributed by atoms with Gasteiger partial charge in [0.25, 0.3) is 0 Å². The Hall–Kier alpha value is -4.10. The van der Waals surface area contributed by atoms with Gasteiger partial charge >= 0.3 is 12.0 Å². The number of benzene rings is 1. The number of piperidine rings is 1. The van der Waals surface area contributed by atoms with E-state index in [4.69, 9.17) is 19.2 Å². The van der Waals surface area contributed by atoms with Crippen molar-refractivity contribution < 1.29 is 28.8 Å². The second-order valence-corrected chi connectivity index (χ2v) is 9.66. The number of urea groups is 1. The van der Waals surface area contributed by atoms with Gasteiger partial charge in [-0.25, -0.2) is 14.8 Å². The summed E-state index contributed by atoms with van der Waals surface area (Å²) in [7, 11) is 1.55. The molecule has 5 rings (SSSR count). The number of hydrogen-bond donors (Lipinski definition) is 3. The number of fused-ring (bicyclic) bond motifs is 1. The van der Waals surface area contributed by atoms with E-state index < -0.39 is 12.0 Å². The minimum atomic E-state index is -1.14. The minimum Gasteiger partial charge on any atom is -0.480 e. The van der Waals surface area contributed by atoms with Crippen LogP contribution in [0.5, 0.6) is 0 Å². The Balaban J connectivity index is 1.47. The molecule has 2 amide bonds. The van der Waals surface area contributed by atoms with Crippen molar-refractivity contribution in [3.8, 4) is 11.4 Å². The van der Waals surface area contributed by atoms with Gasteiger partial charge in [0, 0.05) is 50.4 Å². The summed E-state index contributed by atoms with van der Waals surface area (Å²) in [5.74, 6) is -0.374. The Bertz CT molecular complexity index is 1350. The first-order valence-corrected chi connectivity index (χ1v) is 12.9. The molecule has 0 saturated carbocycles. The van der Waals surface area contributed by atoms with E-state index in [1.165, 1.54) is 6.92 Å². The van der Waals surface area contributed by atoms with E-state index in [-0.39, 0.29) is 17.7 Å². The number of likely N-dealkylation sites (tertiary alicyclic amines) is 1. The van der Waals surface area contributed by atoms with Crippen LogP contribution in [0.4, 0.5) is 16.3 Å². The summed E-state index contributed by atoms with van der Waals surface area (Å²) in [6, 6.07) is 5.80. The second-order valence-electron chi connectivity index (χ2n) is 9.66. The van der Waals surface area contributed by atoms with Crippen LogP contribution in [-0.4, -0.2) is 95.4 Å². The van der Waals surface area contributed by atoms with Crippen molar-refractivity contribution in [2.24, 2.45) is 0 Å². The molecule has 0 aliphatic carbocycles. The van der Waals surface area contributed by atoms with E-state index in [9.17, 15) is 19.5 Å². The van der Waals surface area contributed by atoms with Gasteiger partial charge in [0.05, 0.1) is 13.2 Å². The average molecular weight is 538 g/mol. The summed E-state index contributed by atoms with van der Waals surface area (Å²) in [5, 5.41) is 19.2. The first-order chi connectivity index (χ1) is 18.9. The number of carboxylic acid groups (broad SMARTS) is 1. The van der Waals surface area contributed by atoms with E-state index >= 15 is 0 Å². The number of morpholine rings is 1. The largest absolute Gasteiger partial charge is 0.480 e. The van der Waals surface area contributed by atoms with Gasteiger partial charge in [0.2, 0.25) is 5.58 Å². The summed E-state index contributed by atoms with van der Waals surface area (Å²) < 4.78 is 11.4. The summed E-state index contributed by atoms with van der Waals surface area (Å²) >= 11 is 0. The molecule has 1 atom stereocenters. The van der Waals surface area contributed by atoms with Crippen LogP contribution in [0.15, 0.2) is 28.8 Å². The maximum absolute atomic E-state index is 11.9. The van der Waals surface area contributed by atoms with Gasteiger partial charge in [-0.05, 0) is 44.0 Å². The van der Waals surface area contributed by atoms with E-state index in [1.807, 2.05) is 12.1 Å². The minimum absolute atomic E-state index is 0.0108. The van der Waals surface area contributed by atoms with Crippen LogP contribution in [0, 0.1) is 0 Å². The van der Waals surface area contributed by atoms with Crippen LogP contribution in [0.2, 0.25) is 0 Å². The van der Waals surface area contributed by atoms with Crippen LogP contribution < -0.4 is 15.5 Å². The lowest BCUT2D eigenvalue weighted by atomic mass is 9.91. The lowest BCUT2D eigenvalue weighted by molar-refractivity contribution is -0.148. The molecule has 0 spiro atoms. The van der Waals surface area contributed by atoms with E-state index in [2.05, 4.69) is 20.7 Å². The smallest absolute Gasteiger partial charge is 0.328 e. The third-order valence-corrected chi connectivity index (χ3v) is 7.16. The number of nitrogens with zero attached hydrogens (tertiary/aromatic N) is 5. The number of ketones is 1. The van der Waals surface area contributed by atoms with Gasteiger partial charge < -0.3 is 29.9 Å². The molecule has 0 radical (unpaired) electrons. The highest BCUT2D eigenvalue weighted by Crippen LogP contribution is 2.36. The zero-order chi connectivity index (χ0) is 27.5. The number of hydrogen-bond acceptors (Lipinski definition) is 10. The molecule has 1 aromatic carbocycles. The first-order valence-electron chi connectivity index (χ1n) is 12.9. The maximum Gasteiger partial charge on any atom is 0.328 e. The third kappa shape index (κ3) is 5.54. The van der Waals surface area contributed by atoms with Crippen molar-refractivity contribution in [2.45, 2.75) is 31.7 Å². The predicted octanol–water partition coefficient (Wildman–Crippen LogP) is 2.09. The number of rotatable bonds is 7. The number of ether oxygens (including phenoxy) is 1. The number of carbonyl (C=O) groups is 3. The number of Topliss-reactive ketones (excluding diaryl/α,β-unsaturated/α-hetero) is 1. The molecule has 13 nitrogen and oxygen atoms in total. The van der Waals surface area contributed by atoms with Crippen LogP contribution >= 0.6 is 0 Å². The highest BCUT2D eigenvalue weighted by atomic mass is 16.5. The summed E-state index contributed by atoms with van der Waals surface area (Å²) in [6.45, 7) is 4.64. The van der Waals surface area contributed by atoms with Crippen molar-refractivity contribution in [2.75, 3.05) is 56.7 Å². The summed E-state index contributed by atoms with van der Waals surface area (Å²) in [5.41, 5.74) is 3.23. The van der Waals surface area contributed by atoms with Gasteiger partial charge in [-0.2, -0.15) is 0 Å². The first kappa shape index (κ1) is 26.5. The third-order valence-electron chi connectivity index (χ3n) is 7.16.